The van der Waals surface area contributed by atoms with Crippen molar-refractivity contribution in [2.75, 3.05) is 0 Å². The van der Waals surface area contributed by atoms with Crippen molar-refractivity contribution in [2.45, 2.75) is 44.4 Å². The highest BCUT2D eigenvalue weighted by atomic mass is 16.4. The molecule has 3 nitrogen and oxygen atoms in total. The lowest BCUT2D eigenvalue weighted by molar-refractivity contribution is -0.308. The van der Waals surface area contributed by atoms with E-state index in [0.29, 0.717) is 23.5 Å². The molecule has 0 aromatic heterocycles. The van der Waals surface area contributed by atoms with Crippen molar-refractivity contribution in [1.82, 2.24) is 0 Å². The summed E-state index contributed by atoms with van der Waals surface area (Å²) in [5.41, 5.74) is 1.21. The smallest absolute Gasteiger partial charge is 0.150 e. The first kappa shape index (κ1) is 13.8. The standard InChI is InChI=1S/C16H20O3/c17-11-13-7-4-8-14(9-13)15(16(18)19)10-12-5-2-1-3-6-12/h4,7-9,11-12,15H,1-3,5-6,10H2,(H,18,19)/p-1. The normalized spacial score (nSPS) is 17.9. The van der Waals surface area contributed by atoms with Gasteiger partial charge in [-0.15, -0.1) is 0 Å². The van der Waals surface area contributed by atoms with Crippen molar-refractivity contribution < 1.29 is 14.7 Å². The maximum absolute atomic E-state index is 11.4. The summed E-state index contributed by atoms with van der Waals surface area (Å²) in [6.07, 6.45) is 7.24. The van der Waals surface area contributed by atoms with Gasteiger partial charge in [0.15, 0.2) is 0 Å². The Kier molecular flexibility index (Phi) is 4.72. The van der Waals surface area contributed by atoms with Crippen LogP contribution in [-0.4, -0.2) is 12.3 Å². The molecule has 1 aliphatic rings. The molecule has 1 aliphatic carbocycles. The summed E-state index contributed by atoms with van der Waals surface area (Å²) in [6.45, 7) is 0. The average molecular weight is 259 g/mol. The Bertz CT molecular complexity index is 447. The molecule has 19 heavy (non-hydrogen) atoms. The molecule has 0 aliphatic heterocycles. The largest absolute Gasteiger partial charge is 0.549 e. The fourth-order valence-electron chi connectivity index (χ4n) is 2.97. The van der Waals surface area contributed by atoms with Gasteiger partial charge in [0.05, 0.1) is 0 Å². The zero-order chi connectivity index (χ0) is 13.7. The van der Waals surface area contributed by atoms with Crippen LogP contribution in [0.3, 0.4) is 0 Å². The molecule has 1 fully saturated rings. The lowest BCUT2D eigenvalue weighted by atomic mass is 9.80. The van der Waals surface area contributed by atoms with Crippen LogP contribution in [0.1, 0.15) is 60.4 Å². The first-order valence-corrected chi connectivity index (χ1v) is 6.96. The van der Waals surface area contributed by atoms with Crippen LogP contribution in [0.5, 0.6) is 0 Å². The molecule has 0 spiro atoms. The first-order valence-electron chi connectivity index (χ1n) is 6.96. The van der Waals surface area contributed by atoms with Crippen LogP contribution < -0.4 is 5.11 Å². The van der Waals surface area contributed by atoms with Gasteiger partial charge in [0.25, 0.3) is 0 Å². The van der Waals surface area contributed by atoms with Crippen LogP contribution in [0, 0.1) is 5.92 Å². The molecule has 2 rings (SSSR count). The second kappa shape index (κ2) is 6.50. The number of hydrogen-bond acceptors (Lipinski definition) is 3. The van der Waals surface area contributed by atoms with E-state index in [-0.39, 0.29) is 0 Å². The molecule has 3 heteroatoms. The monoisotopic (exact) mass is 259 g/mol. The molecule has 102 valence electrons. The predicted octanol–water partition coefficient (Wildman–Crippen LogP) is 2.30. The van der Waals surface area contributed by atoms with Gasteiger partial charge in [0.1, 0.15) is 6.29 Å². The van der Waals surface area contributed by atoms with E-state index in [1.165, 1.54) is 19.3 Å². The summed E-state index contributed by atoms with van der Waals surface area (Å²) < 4.78 is 0. The number of carboxylic acids is 1. The van der Waals surface area contributed by atoms with Crippen LogP contribution in [0.15, 0.2) is 24.3 Å². The molecule has 1 atom stereocenters. The van der Waals surface area contributed by atoms with Gasteiger partial charge >= 0.3 is 0 Å². The van der Waals surface area contributed by atoms with E-state index in [1.807, 2.05) is 0 Å². The molecule has 0 radical (unpaired) electrons. The van der Waals surface area contributed by atoms with E-state index in [2.05, 4.69) is 0 Å². The molecule has 0 saturated heterocycles. The molecule has 0 N–H and O–H groups in total. The molecule has 0 amide bonds. The fourth-order valence-corrected chi connectivity index (χ4v) is 2.97. The molecule has 0 bridgehead atoms. The number of benzene rings is 1. The van der Waals surface area contributed by atoms with Crippen molar-refractivity contribution in [3.8, 4) is 0 Å². The molecule has 1 saturated carbocycles. The summed E-state index contributed by atoms with van der Waals surface area (Å²) in [7, 11) is 0. The number of rotatable bonds is 5. The number of carboxylic acid groups (broad SMARTS) is 1. The zero-order valence-corrected chi connectivity index (χ0v) is 11.0. The minimum Gasteiger partial charge on any atom is -0.549 e. The lowest BCUT2D eigenvalue weighted by Gasteiger charge is -2.27. The maximum Gasteiger partial charge on any atom is 0.150 e. The third kappa shape index (κ3) is 3.66. The van der Waals surface area contributed by atoms with Crippen molar-refractivity contribution in [3.63, 3.8) is 0 Å². The van der Waals surface area contributed by atoms with Crippen LogP contribution in [0.25, 0.3) is 0 Å². The third-order valence-electron chi connectivity index (χ3n) is 4.03. The average Bonchev–Trinajstić information content (AvgIpc) is 2.45. The second-order valence-corrected chi connectivity index (χ2v) is 5.40. The van der Waals surface area contributed by atoms with E-state index in [9.17, 15) is 14.7 Å². The summed E-state index contributed by atoms with van der Waals surface area (Å²) in [6, 6.07) is 6.85. The topological polar surface area (TPSA) is 57.2 Å². The van der Waals surface area contributed by atoms with E-state index in [4.69, 9.17) is 0 Å². The van der Waals surface area contributed by atoms with Crippen molar-refractivity contribution in [3.05, 3.63) is 35.4 Å². The number of carbonyl (C=O) groups is 2. The number of carbonyl (C=O) groups excluding carboxylic acids is 2. The Morgan fingerprint density at radius 1 is 1.32 bits per heavy atom. The highest BCUT2D eigenvalue weighted by molar-refractivity contribution is 5.78. The molecule has 1 aromatic rings. The van der Waals surface area contributed by atoms with E-state index < -0.39 is 11.9 Å². The quantitative estimate of drug-likeness (QED) is 0.762. The second-order valence-electron chi connectivity index (χ2n) is 5.40. The third-order valence-corrected chi connectivity index (χ3v) is 4.03. The van der Waals surface area contributed by atoms with Gasteiger partial charge in [-0.05, 0) is 24.0 Å². The van der Waals surface area contributed by atoms with Gasteiger partial charge in [0, 0.05) is 17.5 Å². The predicted molar refractivity (Wildman–Crippen MR) is 70.8 cm³/mol. The summed E-state index contributed by atoms with van der Waals surface area (Å²) in [5.74, 6) is -1.16. The Morgan fingerprint density at radius 3 is 2.68 bits per heavy atom. The van der Waals surface area contributed by atoms with Gasteiger partial charge in [-0.2, -0.15) is 0 Å². The summed E-state index contributed by atoms with van der Waals surface area (Å²) in [4.78, 5) is 22.2. The Labute approximate surface area is 113 Å². The molecule has 1 unspecified atom stereocenters. The Balaban J connectivity index is 2.14. The van der Waals surface area contributed by atoms with E-state index in [1.54, 1.807) is 24.3 Å². The van der Waals surface area contributed by atoms with Gasteiger partial charge in [-0.25, -0.2) is 0 Å². The van der Waals surface area contributed by atoms with Gasteiger partial charge in [0.2, 0.25) is 0 Å². The van der Waals surface area contributed by atoms with E-state index in [0.717, 1.165) is 19.1 Å². The van der Waals surface area contributed by atoms with Crippen LogP contribution in [-0.2, 0) is 4.79 Å². The van der Waals surface area contributed by atoms with Gasteiger partial charge in [-0.1, -0.05) is 50.3 Å². The number of aldehydes is 1. The SMILES string of the molecule is O=Cc1cccc(C(CC2CCCCC2)C(=O)[O-])c1. The molecular weight excluding hydrogens is 240 g/mol. The minimum atomic E-state index is -1.03. The fraction of sp³-hybridized carbons (Fsp3) is 0.500. The highest BCUT2D eigenvalue weighted by Gasteiger charge is 2.21. The van der Waals surface area contributed by atoms with Crippen molar-refractivity contribution in [2.24, 2.45) is 5.92 Å². The van der Waals surface area contributed by atoms with Gasteiger partial charge < -0.3 is 9.90 Å². The first-order chi connectivity index (χ1) is 9.20. The van der Waals surface area contributed by atoms with Crippen LogP contribution >= 0.6 is 0 Å². The Hall–Kier alpha value is -1.64. The lowest BCUT2D eigenvalue weighted by Crippen LogP contribution is -2.31. The van der Waals surface area contributed by atoms with Crippen LogP contribution in [0.4, 0.5) is 0 Å². The zero-order valence-electron chi connectivity index (χ0n) is 11.0. The van der Waals surface area contributed by atoms with Crippen molar-refractivity contribution in [1.29, 1.82) is 0 Å². The Morgan fingerprint density at radius 2 is 2.05 bits per heavy atom. The minimum absolute atomic E-state index is 0.469. The molecule has 0 heterocycles. The number of aliphatic carboxylic acids is 1. The van der Waals surface area contributed by atoms with E-state index >= 15 is 0 Å². The summed E-state index contributed by atoms with van der Waals surface area (Å²) in [5, 5.41) is 11.4. The van der Waals surface area contributed by atoms with Gasteiger partial charge in [-0.3, -0.25) is 4.79 Å². The van der Waals surface area contributed by atoms with Crippen molar-refractivity contribution >= 4 is 12.3 Å². The highest BCUT2D eigenvalue weighted by Crippen LogP contribution is 2.33. The number of hydrogen-bond donors (Lipinski definition) is 0. The maximum atomic E-state index is 11.4. The van der Waals surface area contributed by atoms with Crippen LogP contribution in [0.2, 0.25) is 0 Å². The molecular formula is C16H19O3-. The summed E-state index contributed by atoms with van der Waals surface area (Å²) >= 11 is 0. The molecule has 1 aromatic carbocycles.